The highest BCUT2D eigenvalue weighted by Gasteiger charge is 2.31. The Morgan fingerprint density at radius 1 is 1.13 bits per heavy atom. The maximum absolute atomic E-state index is 12.7. The number of hydrogen-bond donors (Lipinski definition) is 1. The third-order valence-corrected chi connectivity index (χ3v) is 5.50. The molecule has 1 heterocycles. The van der Waals surface area contributed by atoms with Gasteiger partial charge in [-0.1, -0.05) is 19.8 Å². The fraction of sp³-hybridized carbons (Fsp3) is 0.944. The van der Waals surface area contributed by atoms with Gasteiger partial charge in [-0.25, -0.2) is 0 Å². The van der Waals surface area contributed by atoms with E-state index in [-0.39, 0.29) is 24.4 Å². The second-order valence-corrected chi connectivity index (χ2v) is 7.39. The van der Waals surface area contributed by atoms with Crippen LogP contribution in [-0.2, 0) is 9.53 Å². The van der Waals surface area contributed by atoms with Crippen LogP contribution < -0.4 is 5.32 Å². The first-order valence-corrected chi connectivity index (χ1v) is 9.44. The van der Waals surface area contributed by atoms with E-state index in [9.17, 15) is 4.79 Å². The molecule has 0 aromatic heterocycles. The lowest BCUT2D eigenvalue weighted by molar-refractivity contribution is -0.148. The Labute approximate surface area is 147 Å². The van der Waals surface area contributed by atoms with Crippen molar-refractivity contribution in [3.63, 3.8) is 0 Å². The predicted molar refractivity (Wildman–Crippen MR) is 95.0 cm³/mol. The first-order valence-electron chi connectivity index (χ1n) is 9.44. The summed E-state index contributed by atoms with van der Waals surface area (Å²) < 4.78 is 6.08. The molecule has 1 saturated heterocycles. The van der Waals surface area contributed by atoms with E-state index in [1.54, 1.807) is 0 Å². The van der Waals surface area contributed by atoms with Crippen molar-refractivity contribution < 1.29 is 9.53 Å². The molecule has 1 atom stereocenters. The summed E-state index contributed by atoms with van der Waals surface area (Å²) in [5.41, 5.74) is 0. The summed E-state index contributed by atoms with van der Waals surface area (Å²) in [7, 11) is 0. The smallest absolute Gasteiger partial charge is 0.251 e. The summed E-state index contributed by atoms with van der Waals surface area (Å²) in [4.78, 5) is 14.7. The molecule has 1 amide bonds. The Bertz CT molecular complexity index is 362. The third kappa shape index (κ3) is 5.61. The van der Waals surface area contributed by atoms with E-state index < -0.39 is 0 Å². The molecule has 0 radical (unpaired) electrons. The highest BCUT2D eigenvalue weighted by molar-refractivity contribution is 5.85. The first-order chi connectivity index (χ1) is 10.8. The van der Waals surface area contributed by atoms with E-state index in [2.05, 4.69) is 12.2 Å². The van der Waals surface area contributed by atoms with Gasteiger partial charge in [0.25, 0.3) is 5.91 Å². The topological polar surface area (TPSA) is 41.6 Å². The van der Waals surface area contributed by atoms with E-state index >= 15 is 0 Å². The second kappa shape index (κ2) is 9.24. The molecule has 1 unspecified atom stereocenters. The van der Waals surface area contributed by atoms with Gasteiger partial charge in [0.05, 0.1) is 6.10 Å². The van der Waals surface area contributed by atoms with Crippen LogP contribution in [-0.4, -0.2) is 48.7 Å². The Morgan fingerprint density at radius 2 is 1.78 bits per heavy atom. The highest BCUT2D eigenvalue weighted by atomic mass is 35.5. The van der Waals surface area contributed by atoms with Crippen molar-refractivity contribution in [1.82, 2.24) is 10.2 Å². The molecule has 5 heteroatoms. The Morgan fingerprint density at radius 3 is 2.35 bits per heavy atom. The van der Waals surface area contributed by atoms with Gasteiger partial charge in [0.15, 0.2) is 0 Å². The van der Waals surface area contributed by atoms with Crippen LogP contribution in [0.2, 0.25) is 0 Å². The molecule has 3 aliphatic rings. The second-order valence-electron chi connectivity index (χ2n) is 7.39. The van der Waals surface area contributed by atoms with Crippen molar-refractivity contribution in [3.05, 3.63) is 0 Å². The van der Waals surface area contributed by atoms with E-state index in [4.69, 9.17) is 4.74 Å². The number of rotatable bonds is 7. The summed E-state index contributed by atoms with van der Waals surface area (Å²) in [5, 5.41) is 3.68. The van der Waals surface area contributed by atoms with Gasteiger partial charge >= 0.3 is 0 Å². The van der Waals surface area contributed by atoms with Crippen LogP contribution in [0.25, 0.3) is 0 Å². The van der Waals surface area contributed by atoms with Gasteiger partial charge in [-0.05, 0) is 57.4 Å². The number of nitrogens with zero attached hydrogens (tertiary/aromatic N) is 1. The summed E-state index contributed by atoms with van der Waals surface area (Å²) >= 11 is 0. The lowest BCUT2D eigenvalue weighted by atomic mass is 10.0. The van der Waals surface area contributed by atoms with Crippen LogP contribution in [0, 0.1) is 5.92 Å². The zero-order chi connectivity index (χ0) is 15.4. The summed E-state index contributed by atoms with van der Waals surface area (Å²) in [5.74, 6) is 1.17. The van der Waals surface area contributed by atoms with Gasteiger partial charge in [0.1, 0.15) is 6.10 Å². The number of piperidine rings is 1. The van der Waals surface area contributed by atoms with Crippen molar-refractivity contribution in [1.29, 1.82) is 0 Å². The van der Waals surface area contributed by atoms with Crippen LogP contribution in [0.1, 0.15) is 64.7 Å². The Kier molecular flexibility index (Phi) is 7.64. The molecule has 2 aliphatic carbocycles. The predicted octanol–water partition coefficient (Wildman–Crippen LogP) is 3.14. The fourth-order valence-corrected chi connectivity index (χ4v) is 3.75. The number of likely N-dealkylation sites (tertiary alicyclic amines) is 1. The number of hydrogen-bond acceptors (Lipinski definition) is 3. The Balaban J connectivity index is 0.00000192. The minimum Gasteiger partial charge on any atom is -0.365 e. The summed E-state index contributed by atoms with van der Waals surface area (Å²) in [6, 6.07) is 0.612. The number of carbonyl (C=O) groups excluding carboxylic acids is 1. The third-order valence-electron chi connectivity index (χ3n) is 5.50. The van der Waals surface area contributed by atoms with Crippen LogP contribution in [0.3, 0.4) is 0 Å². The van der Waals surface area contributed by atoms with E-state index in [0.717, 1.165) is 51.1 Å². The van der Waals surface area contributed by atoms with Crippen molar-refractivity contribution >= 4 is 18.3 Å². The quantitative estimate of drug-likeness (QED) is 0.771. The van der Waals surface area contributed by atoms with Crippen LogP contribution in [0.5, 0.6) is 0 Å². The van der Waals surface area contributed by atoms with Gasteiger partial charge in [-0.3, -0.25) is 4.79 Å². The standard InChI is InChI=1S/C18H32N2O2.ClH/c1-2-17(22-16-5-3-4-6-16)18(21)20-11-9-15(10-12-20)19-13-14-7-8-14;/h14-17,19H,2-13H2,1H3;1H. The average molecular weight is 345 g/mol. The van der Waals surface area contributed by atoms with Gasteiger partial charge in [-0.2, -0.15) is 0 Å². The van der Waals surface area contributed by atoms with Crippen molar-refractivity contribution in [3.8, 4) is 0 Å². The van der Waals surface area contributed by atoms with Crippen LogP contribution >= 0.6 is 12.4 Å². The normalized spacial score (nSPS) is 24.5. The van der Waals surface area contributed by atoms with E-state index in [1.807, 2.05) is 4.90 Å². The molecule has 134 valence electrons. The van der Waals surface area contributed by atoms with Crippen molar-refractivity contribution in [2.75, 3.05) is 19.6 Å². The minimum absolute atomic E-state index is 0. The highest BCUT2D eigenvalue weighted by Crippen LogP contribution is 2.28. The van der Waals surface area contributed by atoms with E-state index in [1.165, 1.54) is 32.2 Å². The molecule has 0 aromatic carbocycles. The van der Waals surface area contributed by atoms with Crippen molar-refractivity contribution in [2.24, 2.45) is 5.92 Å². The molecule has 1 N–H and O–H groups in total. The maximum atomic E-state index is 12.7. The monoisotopic (exact) mass is 344 g/mol. The average Bonchev–Trinajstić information content (AvgIpc) is 3.25. The number of ether oxygens (including phenoxy) is 1. The zero-order valence-electron chi connectivity index (χ0n) is 14.5. The lowest BCUT2D eigenvalue weighted by Gasteiger charge is -2.35. The molecule has 0 spiro atoms. The van der Waals surface area contributed by atoms with Crippen molar-refractivity contribution in [2.45, 2.75) is 83.0 Å². The van der Waals surface area contributed by atoms with E-state index in [0.29, 0.717) is 12.1 Å². The maximum Gasteiger partial charge on any atom is 0.251 e. The number of amides is 1. The number of carbonyl (C=O) groups is 1. The zero-order valence-corrected chi connectivity index (χ0v) is 15.3. The fourth-order valence-electron chi connectivity index (χ4n) is 3.75. The number of nitrogens with one attached hydrogen (secondary N) is 1. The molecule has 3 rings (SSSR count). The SMILES string of the molecule is CCC(OC1CCCC1)C(=O)N1CCC(NCC2CC2)CC1.Cl. The molecular weight excluding hydrogens is 312 g/mol. The first kappa shape index (κ1) is 19.0. The molecular formula is C18H33ClN2O2. The summed E-state index contributed by atoms with van der Waals surface area (Å²) in [6.07, 6.45) is 10.7. The molecule has 23 heavy (non-hydrogen) atoms. The molecule has 3 fully saturated rings. The molecule has 4 nitrogen and oxygen atoms in total. The largest absolute Gasteiger partial charge is 0.365 e. The molecule has 0 bridgehead atoms. The van der Waals surface area contributed by atoms with Crippen LogP contribution in [0.4, 0.5) is 0 Å². The minimum atomic E-state index is -0.209. The molecule has 2 saturated carbocycles. The van der Waals surface area contributed by atoms with Gasteiger partial charge < -0.3 is 15.0 Å². The van der Waals surface area contributed by atoms with Gasteiger partial charge in [-0.15, -0.1) is 12.4 Å². The van der Waals surface area contributed by atoms with Crippen LogP contribution in [0.15, 0.2) is 0 Å². The Hall–Kier alpha value is -0.320. The molecule has 0 aromatic rings. The van der Waals surface area contributed by atoms with Gasteiger partial charge in [0.2, 0.25) is 0 Å². The number of halogens is 1. The summed E-state index contributed by atoms with van der Waals surface area (Å²) in [6.45, 7) is 5.04. The molecule has 1 aliphatic heterocycles. The lowest BCUT2D eigenvalue weighted by Crippen LogP contribution is -2.49. The van der Waals surface area contributed by atoms with Gasteiger partial charge in [0, 0.05) is 19.1 Å².